The molecule has 121 heavy (non-hydrogen) atoms. The van der Waals surface area contributed by atoms with Crippen LogP contribution >= 0.6 is 0 Å². The van der Waals surface area contributed by atoms with Crippen molar-refractivity contribution in [2.24, 2.45) is 17.2 Å². The van der Waals surface area contributed by atoms with Gasteiger partial charge in [0.1, 0.15) is 72.8 Å². The van der Waals surface area contributed by atoms with Crippen molar-refractivity contribution in [3.63, 3.8) is 0 Å². The van der Waals surface area contributed by atoms with Crippen LogP contribution in [0.3, 0.4) is 0 Å². The Kier molecular flexibility index (Phi) is 47.8. The molecule has 0 bridgehead atoms. The largest absolute Gasteiger partial charge is 0.394 e. The number of nitrogens with one attached hydrogen (secondary N) is 14. The number of carbonyl (C=O) groups excluding carboxylic acids is 14. The molecule has 25 N–H and O–H groups in total. The van der Waals surface area contributed by atoms with Gasteiger partial charge in [0.05, 0.1) is 45.7 Å². The van der Waals surface area contributed by atoms with Crippen LogP contribution in [-0.2, 0) is 89.4 Å². The molecule has 2 aromatic carbocycles. The van der Waals surface area contributed by atoms with Crippen LogP contribution in [0.5, 0.6) is 0 Å². The van der Waals surface area contributed by atoms with Gasteiger partial charge in [-0.15, -0.1) is 0 Å². The zero-order valence-corrected chi connectivity index (χ0v) is 69.4. The molecule has 0 aliphatic carbocycles. The van der Waals surface area contributed by atoms with E-state index in [1.807, 2.05) is 12.1 Å². The predicted octanol–water partition coefficient (Wildman–Crippen LogP) is -2.49. The first-order chi connectivity index (χ1) is 58.1. The molecular weight excluding hydrogens is 1570 g/mol. The monoisotopic (exact) mass is 1700 g/mol. The Morgan fingerprint density at radius 3 is 1.83 bits per heavy atom. The number of para-hydroxylation sites is 1. The lowest BCUT2D eigenvalue weighted by molar-refractivity contribution is -0.143. The second-order valence-electron chi connectivity index (χ2n) is 30.7. The number of aromatic amines is 1. The molecule has 0 saturated carbocycles. The third-order valence-corrected chi connectivity index (χ3v) is 20.8. The highest BCUT2D eigenvalue weighted by Gasteiger charge is 2.44. The van der Waals surface area contributed by atoms with Gasteiger partial charge in [0.25, 0.3) is 0 Å². The van der Waals surface area contributed by atoms with Gasteiger partial charge in [0.15, 0.2) is 12.2 Å². The third-order valence-electron chi connectivity index (χ3n) is 20.8. The fourth-order valence-corrected chi connectivity index (χ4v) is 14.0. The molecule has 2 saturated heterocycles. The number of Topliss-reactive ketones (excluding diaryl/α,β-unsaturated/α-hetero) is 1. The molecule has 674 valence electrons. The number of amides is 13. The van der Waals surface area contributed by atoms with E-state index in [-0.39, 0.29) is 109 Å². The second kappa shape index (κ2) is 57.1. The quantitative estimate of drug-likeness (QED) is 0.0120. The predicted molar refractivity (Wildman–Crippen MR) is 445 cm³/mol. The van der Waals surface area contributed by atoms with Crippen molar-refractivity contribution in [2.75, 3.05) is 72.4 Å². The van der Waals surface area contributed by atoms with E-state index in [4.69, 9.17) is 42.3 Å². The summed E-state index contributed by atoms with van der Waals surface area (Å²) in [4.78, 5) is 199. The Labute approximate surface area is 705 Å². The van der Waals surface area contributed by atoms with Crippen molar-refractivity contribution in [3.05, 3.63) is 71.9 Å². The molecule has 0 spiro atoms. The molecule has 39 nitrogen and oxygen atoms in total. The number of ketones is 1. The number of aromatic nitrogens is 1. The Hall–Kier alpha value is -10.3. The van der Waals surface area contributed by atoms with Crippen LogP contribution in [0.15, 0.2) is 60.8 Å². The maximum atomic E-state index is 15.2. The number of rotatable bonds is 49. The summed E-state index contributed by atoms with van der Waals surface area (Å²) in [6.07, 6.45) is 11.2. The van der Waals surface area contributed by atoms with Gasteiger partial charge in [-0.05, 0) is 94.4 Å². The number of fused-ring (bicyclic) bond motifs is 2. The maximum absolute atomic E-state index is 15.2. The van der Waals surface area contributed by atoms with Crippen molar-refractivity contribution in [1.29, 1.82) is 5.41 Å². The minimum Gasteiger partial charge on any atom is -0.394 e. The van der Waals surface area contributed by atoms with Crippen LogP contribution in [0.25, 0.3) is 10.9 Å². The van der Waals surface area contributed by atoms with E-state index in [2.05, 4.69) is 68.8 Å². The van der Waals surface area contributed by atoms with Crippen molar-refractivity contribution in [3.8, 4) is 0 Å². The lowest BCUT2D eigenvalue weighted by atomic mass is 10.0. The summed E-state index contributed by atoms with van der Waals surface area (Å²) < 4.78 is 10.9. The number of aliphatic hydroxyl groups is 5. The summed E-state index contributed by atoms with van der Waals surface area (Å²) in [5, 5.41) is 89.8. The van der Waals surface area contributed by atoms with Crippen molar-refractivity contribution < 1.29 is 102 Å². The van der Waals surface area contributed by atoms with Gasteiger partial charge in [-0.2, -0.15) is 0 Å². The van der Waals surface area contributed by atoms with Crippen LogP contribution in [0.4, 0.5) is 0 Å². The van der Waals surface area contributed by atoms with Crippen molar-refractivity contribution in [1.82, 2.24) is 73.7 Å². The fourth-order valence-electron chi connectivity index (χ4n) is 14.0. The Bertz CT molecular complexity index is 3780. The third kappa shape index (κ3) is 39.4. The first-order valence-electron chi connectivity index (χ1n) is 42.3. The van der Waals surface area contributed by atoms with Crippen LogP contribution in [0, 0.1) is 5.41 Å². The van der Waals surface area contributed by atoms with Gasteiger partial charge in [0.2, 0.25) is 76.8 Å². The van der Waals surface area contributed by atoms with Gasteiger partial charge < -0.3 is 126 Å². The molecule has 2 aliphatic rings. The summed E-state index contributed by atoms with van der Waals surface area (Å²) in [5.41, 5.74) is 18.7. The standard InChI is InChI=1S/C82H130N18O21/c1-2-3-27-59(94-79(117)66(50-102)99-75(113)61(35-36-68(83)105)95-78(116)65(49-101)91-70(107)51-121-42-41-120-40-39-88-69(106)31-17-12-10-8-6-4-5-7-9-11-13-18-32-71(108)109)73(111)96-62-34-33-54(103)47-87-37-22-21-29-58(72(84)110)92-77(115)64(44-53-46-90-57-28-20-19-26-56(53)57)97-74(112)60(30-23-38-89-82(85)86)93-76(114)63(43-52-24-15-14-16-25-52)98-80(118)67-45-55(104)48-100(67)81(62)119/h14-16,19-20,24-26,28,46,55,58-67,71,87,90,101-102,104,108-109H,2-13,17-18,21-23,27,29-45,47-51H2,1H3,(H2,83,105)(H2,84,110)(H,88,106)(H,91,107)(H,92,115)(H,93,114)(H,94,117)(H,95,116)(H,96,111)(H,97,112)(H,98,118)(H,99,113)(H4,85,86,89)/t55-,58+,59+,60+,61?,62+,63-,64+,65?,66?,67+/m1/s1. The molecule has 3 unspecified atom stereocenters. The lowest BCUT2D eigenvalue weighted by Crippen LogP contribution is -2.61. The summed E-state index contributed by atoms with van der Waals surface area (Å²) in [6, 6.07) is -0.0450. The molecule has 2 aliphatic heterocycles. The van der Waals surface area contributed by atoms with Gasteiger partial charge in [-0.25, -0.2) is 0 Å². The van der Waals surface area contributed by atoms with E-state index in [0.717, 1.165) is 73.6 Å². The van der Waals surface area contributed by atoms with Crippen LogP contribution in [0.2, 0.25) is 0 Å². The minimum atomic E-state index is -1.88. The molecule has 11 atom stereocenters. The number of carbonyl (C=O) groups is 14. The Morgan fingerprint density at radius 2 is 1.17 bits per heavy atom. The van der Waals surface area contributed by atoms with Crippen LogP contribution in [0.1, 0.15) is 191 Å². The number of nitrogens with two attached hydrogens (primary N) is 3. The zero-order chi connectivity index (χ0) is 88.4. The van der Waals surface area contributed by atoms with Crippen LogP contribution in [-0.4, -0.2) is 269 Å². The second-order valence-corrected chi connectivity index (χ2v) is 30.7. The van der Waals surface area contributed by atoms with E-state index in [0.29, 0.717) is 36.8 Å². The smallest absolute Gasteiger partial charge is 0.246 e. The van der Waals surface area contributed by atoms with Crippen molar-refractivity contribution in [2.45, 2.75) is 266 Å². The van der Waals surface area contributed by atoms with Gasteiger partial charge >= 0.3 is 0 Å². The molecule has 3 aromatic rings. The minimum absolute atomic E-state index is 0.0262. The fraction of sp³-hybridized carbons (Fsp3) is 0.646. The SMILES string of the molecule is CCCC[C@H](NC(=O)C(CO)NC(=O)C(CCC(N)=O)NC(=O)C(CO)NC(=O)COCCOCCNC(=O)CCCCCCCCCCCCCCC(O)O)C(=O)N[C@H]1CCC(=O)CNCCCC[C@@H](C(N)=O)NC(=O)[C@H](Cc2c[nH]c3ccccc23)NC(=O)[C@H](CCCNC(=N)N)NC(=O)[C@@H](Cc2ccccc2)NC(=O)[C@@H]2C[C@@H](O)CN2C1=O. The maximum Gasteiger partial charge on any atom is 0.246 e. The van der Waals surface area contributed by atoms with Gasteiger partial charge in [0, 0.05) is 75.3 Å². The van der Waals surface area contributed by atoms with E-state index in [1.54, 1.807) is 55.6 Å². The Morgan fingerprint density at radius 1 is 0.587 bits per heavy atom. The van der Waals surface area contributed by atoms with Gasteiger partial charge in [-0.3, -0.25) is 72.5 Å². The van der Waals surface area contributed by atoms with Crippen LogP contribution < -0.4 is 81.0 Å². The normalized spacial score (nSPS) is 19.7. The number of unbranched alkanes of at least 4 members (excludes halogenated alkanes) is 12. The van der Waals surface area contributed by atoms with Gasteiger partial charge in [-0.1, -0.05) is 133 Å². The number of guanidine groups is 1. The number of primary amides is 2. The highest BCUT2D eigenvalue weighted by atomic mass is 16.5. The number of aliphatic hydroxyl groups excluding tert-OH is 4. The first kappa shape index (κ1) is 101. The topological polar surface area (TPSA) is 624 Å². The Balaban J connectivity index is 1.26. The summed E-state index contributed by atoms with van der Waals surface area (Å²) >= 11 is 0. The van der Waals surface area contributed by atoms with E-state index in [9.17, 15) is 77.6 Å². The molecule has 39 heteroatoms. The number of hydrogen-bond acceptors (Lipinski definition) is 23. The van der Waals surface area contributed by atoms with E-state index in [1.165, 1.54) is 19.3 Å². The van der Waals surface area contributed by atoms with E-state index >= 15 is 4.79 Å². The molecule has 0 radical (unpaired) electrons. The van der Waals surface area contributed by atoms with Crippen molar-refractivity contribution >= 4 is 99.4 Å². The molecule has 2 fully saturated rings. The molecule has 1 aromatic heterocycles. The first-order valence-corrected chi connectivity index (χ1v) is 42.3. The summed E-state index contributed by atoms with van der Waals surface area (Å²) in [7, 11) is 0. The summed E-state index contributed by atoms with van der Waals surface area (Å²) in [6.45, 7) is -1.09. The number of nitrogens with zero attached hydrogens (tertiary/aromatic N) is 1. The number of ether oxygens (including phenoxy) is 2. The average Bonchev–Trinajstić information content (AvgIpc) is 1.65. The summed E-state index contributed by atoms with van der Waals surface area (Å²) in [5.74, 6) is -12.6. The highest BCUT2D eigenvalue weighted by Crippen LogP contribution is 2.24. The van der Waals surface area contributed by atoms with E-state index < -0.39 is 208 Å². The number of hydrogen-bond donors (Lipinski definition) is 22. The highest BCUT2D eigenvalue weighted by molar-refractivity contribution is 6.00. The number of H-pyrrole nitrogens is 1. The molecule has 3 heterocycles. The molecular formula is C82H130N18O21. The lowest BCUT2D eigenvalue weighted by Gasteiger charge is -2.31. The molecule has 5 rings (SSSR count). The average molecular weight is 1700 g/mol. The number of benzene rings is 2. The zero-order valence-electron chi connectivity index (χ0n) is 69.4. The molecule has 13 amide bonds.